The lowest BCUT2D eigenvalue weighted by Crippen LogP contribution is -2.00. The third-order valence-electron chi connectivity index (χ3n) is 1.92. The standard InChI is InChI=1S/C9H8FNO3/c1-5-8(10)3-7(6(2)12)4-9(5)11(13)14/h3-4H,1-2H3. The lowest BCUT2D eigenvalue weighted by atomic mass is 10.1. The second-order valence-corrected chi connectivity index (χ2v) is 2.92. The van der Waals surface area contributed by atoms with Crippen LogP contribution < -0.4 is 0 Å². The average Bonchev–Trinajstić information content (AvgIpc) is 2.08. The number of carbonyl (C=O) groups is 1. The summed E-state index contributed by atoms with van der Waals surface area (Å²) in [4.78, 5) is 20.7. The second-order valence-electron chi connectivity index (χ2n) is 2.92. The van der Waals surface area contributed by atoms with E-state index >= 15 is 0 Å². The van der Waals surface area contributed by atoms with Crippen LogP contribution in [0, 0.1) is 22.9 Å². The molecule has 0 spiro atoms. The number of ketones is 1. The SMILES string of the molecule is CC(=O)c1cc(F)c(C)c([N+](=O)[O-])c1. The van der Waals surface area contributed by atoms with Crippen LogP contribution in [0.1, 0.15) is 22.8 Å². The van der Waals surface area contributed by atoms with Crippen molar-refractivity contribution in [2.24, 2.45) is 0 Å². The van der Waals surface area contributed by atoms with Gasteiger partial charge in [0.2, 0.25) is 0 Å². The summed E-state index contributed by atoms with van der Waals surface area (Å²) in [5, 5.41) is 10.5. The summed E-state index contributed by atoms with van der Waals surface area (Å²) in [5.41, 5.74) is -0.407. The minimum absolute atomic E-state index is 0.0137. The molecule has 4 nitrogen and oxygen atoms in total. The van der Waals surface area contributed by atoms with Crippen molar-refractivity contribution >= 4 is 11.5 Å². The monoisotopic (exact) mass is 197 g/mol. The van der Waals surface area contributed by atoms with E-state index in [1.165, 1.54) is 13.8 Å². The normalized spacial score (nSPS) is 9.93. The Balaban J connectivity index is 3.43. The van der Waals surface area contributed by atoms with Gasteiger partial charge in [0.05, 0.1) is 10.5 Å². The highest BCUT2D eigenvalue weighted by Gasteiger charge is 2.17. The van der Waals surface area contributed by atoms with Crippen LogP contribution in [0.15, 0.2) is 12.1 Å². The number of nitro groups is 1. The Morgan fingerprint density at radius 1 is 1.50 bits per heavy atom. The minimum atomic E-state index is -0.732. The second kappa shape index (κ2) is 3.53. The molecule has 0 fully saturated rings. The Morgan fingerprint density at radius 2 is 2.07 bits per heavy atom. The summed E-state index contributed by atoms with van der Waals surface area (Å²) in [6, 6.07) is 2.09. The van der Waals surface area contributed by atoms with Crippen LogP contribution in [0.2, 0.25) is 0 Å². The van der Waals surface area contributed by atoms with Gasteiger partial charge in [0.1, 0.15) is 5.82 Å². The Bertz CT molecular complexity index is 415. The van der Waals surface area contributed by atoms with Gasteiger partial charge in [-0.05, 0) is 19.9 Å². The van der Waals surface area contributed by atoms with Crippen LogP contribution in [0.5, 0.6) is 0 Å². The third-order valence-corrected chi connectivity index (χ3v) is 1.92. The number of hydrogen-bond donors (Lipinski definition) is 0. The fourth-order valence-corrected chi connectivity index (χ4v) is 1.06. The number of benzene rings is 1. The number of nitro benzene ring substituents is 1. The molecule has 0 atom stereocenters. The third kappa shape index (κ3) is 1.76. The molecule has 0 heterocycles. The average molecular weight is 197 g/mol. The van der Waals surface area contributed by atoms with Crippen molar-refractivity contribution in [3.63, 3.8) is 0 Å². The lowest BCUT2D eigenvalue weighted by Gasteiger charge is -2.01. The van der Waals surface area contributed by atoms with Crippen molar-refractivity contribution in [3.8, 4) is 0 Å². The van der Waals surface area contributed by atoms with Crippen molar-refractivity contribution in [2.45, 2.75) is 13.8 Å². The Morgan fingerprint density at radius 3 is 2.50 bits per heavy atom. The Kier molecular flexibility index (Phi) is 2.60. The molecule has 0 saturated carbocycles. The molecule has 1 aromatic carbocycles. The van der Waals surface area contributed by atoms with E-state index in [9.17, 15) is 19.3 Å². The molecule has 0 aliphatic rings. The van der Waals surface area contributed by atoms with Crippen LogP contribution in [0.3, 0.4) is 0 Å². The molecule has 1 rings (SSSR count). The smallest absolute Gasteiger partial charge is 0.275 e. The van der Waals surface area contributed by atoms with E-state index in [1.807, 2.05) is 0 Å². The first-order chi connectivity index (χ1) is 6.43. The maximum Gasteiger partial charge on any atom is 0.275 e. The molecule has 0 bridgehead atoms. The van der Waals surface area contributed by atoms with Crippen molar-refractivity contribution in [1.82, 2.24) is 0 Å². The van der Waals surface area contributed by atoms with Gasteiger partial charge in [0, 0.05) is 11.6 Å². The van der Waals surface area contributed by atoms with Gasteiger partial charge in [-0.15, -0.1) is 0 Å². The molecule has 1 aromatic rings. The van der Waals surface area contributed by atoms with Crippen molar-refractivity contribution < 1.29 is 14.1 Å². The Labute approximate surface area is 79.5 Å². The molecular formula is C9H8FNO3. The molecule has 0 aliphatic heterocycles. The van der Waals surface area contributed by atoms with Crippen molar-refractivity contribution in [3.05, 3.63) is 39.2 Å². The first-order valence-corrected chi connectivity index (χ1v) is 3.89. The first-order valence-electron chi connectivity index (χ1n) is 3.89. The molecule has 5 heteroatoms. The van der Waals surface area contributed by atoms with E-state index in [4.69, 9.17) is 0 Å². The number of nitrogens with zero attached hydrogens (tertiary/aromatic N) is 1. The molecule has 0 aliphatic carbocycles. The molecule has 0 amide bonds. The number of rotatable bonds is 2. The lowest BCUT2D eigenvalue weighted by molar-refractivity contribution is -0.385. The Hall–Kier alpha value is -1.78. The predicted octanol–water partition coefficient (Wildman–Crippen LogP) is 2.24. The van der Waals surface area contributed by atoms with Crippen LogP contribution >= 0.6 is 0 Å². The van der Waals surface area contributed by atoms with Gasteiger partial charge in [-0.3, -0.25) is 14.9 Å². The molecular weight excluding hydrogens is 189 g/mol. The maximum atomic E-state index is 13.1. The van der Waals surface area contributed by atoms with Crippen LogP contribution in [0.25, 0.3) is 0 Å². The zero-order valence-electron chi connectivity index (χ0n) is 7.70. The summed E-state index contributed by atoms with van der Waals surface area (Å²) in [6.07, 6.45) is 0. The van der Waals surface area contributed by atoms with Crippen molar-refractivity contribution in [1.29, 1.82) is 0 Å². The summed E-state index contributed by atoms with van der Waals surface area (Å²) in [7, 11) is 0. The molecule has 0 aromatic heterocycles. The van der Waals surface area contributed by atoms with Gasteiger partial charge >= 0.3 is 0 Å². The predicted molar refractivity (Wildman–Crippen MR) is 47.8 cm³/mol. The largest absolute Gasteiger partial charge is 0.295 e. The number of hydrogen-bond acceptors (Lipinski definition) is 3. The van der Waals surface area contributed by atoms with Gasteiger partial charge in [0.25, 0.3) is 5.69 Å². The summed E-state index contributed by atoms with van der Waals surface area (Å²) >= 11 is 0. The van der Waals surface area contributed by atoms with Gasteiger partial charge in [-0.25, -0.2) is 4.39 Å². The zero-order valence-corrected chi connectivity index (χ0v) is 7.70. The highest BCUT2D eigenvalue weighted by atomic mass is 19.1. The fraction of sp³-hybridized carbons (Fsp3) is 0.222. The van der Waals surface area contributed by atoms with Crippen molar-refractivity contribution in [2.75, 3.05) is 0 Å². The van der Waals surface area contributed by atoms with Gasteiger partial charge < -0.3 is 0 Å². The van der Waals surface area contributed by atoms with E-state index in [0.717, 1.165) is 12.1 Å². The molecule has 0 radical (unpaired) electrons. The number of Topliss-reactive ketones (excluding diaryl/α,β-unsaturated/α-hetero) is 1. The highest BCUT2D eigenvalue weighted by molar-refractivity contribution is 5.94. The van der Waals surface area contributed by atoms with Gasteiger partial charge in [-0.2, -0.15) is 0 Å². The maximum absolute atomic E-state index is 13.1. The summed E-state index contributed by atoms with van der Waals surface area (Å²) in [5.74, 6) is -1.13. The van der Waals surface area contributed by atoms with Gasteiger partial charge in [0.15, 0.2) is 5.78 Å². The summed E-state index contributed by atoms with van der Waals surface area (Å²) < 4.78 is 13.1. The molecule has 0 N–H and O–H groups in total. The number of carbonyl (C=O) groups excluding carboxylic acids is 1. The van der Waals surface area contributed by atoms with E-state index in [2.05, 4.69) is 0 Å². The highest BCUT2D eigenvalue weighted by Crippen LogP contribution is 2.22. The molecule has 0 unspecified atom stereocenters. The van der Waals surface area contributed by atoms with Gasteiger partial charge in [-0.1, -0.05) is 0 Å². The quantitative estimate of drug-likeness (QED) is 0.415. The molecule has 0 saturated heterocycles. The van der Waals surface area contributed by atoms with E-state index in [0.29, 0.717) is 0 Å². The minimum Gasteiger partial charge on any atom is -0.295 e. The topological polar surface area (TPSA) is 60.2 Å². The van der Waals surface area contributed by atoms with E-state index in [-0.39, 0.29) is 16.8 Å². The van der Waals surface area contributed by atoms with E-state index in [1.54, 1.807) is 0 Å². The molecule has 14 heavy (non-hydrogen) atoms. The van der Waals surface area contributed by atoms with Crippen LogP contribution in [-0.4, -0.2) is 10.7 Å². The number of halogens is 1. The van der Waals surface area contributed by atoms with Crippen LogP contribution in [-0.2, 0) is 0 Å². The first kappa shape index (κ1) is 10.3. The fourth-order valence-electron chi connectivity index (χ4n) is 1.06. The molecule has 74 valence electrons. The van der Waals surface area contributed by atoms with Crippen LogP contribution in [0.4, 0.5) is 10.1 Å². The zero-order chi connectivity index (χ0) is 10.9. The van der Waals surface area contributed by atoms with E-state index < -0.39 is 16.5 Å². The summed E-state index contributed by atoms with van der Waals surface area (Å²) in [6.45, 7) is 2.53.